The van der Waals surface area contributed by atoms with Crippen LogP contribution >= 0.6 is 0 Å². The second-order valence-electron chi connectivity index (χ2n) is 13.3. The van der Waals surface area contributed by atoms with Crippen molar-refractivity contribution < 1.29 is 27.9 Å². The van der Waals surface area contributed by atoms with Gasteiger partial charge in [-0.1, -0.05) is 88.1 Å². The van der Waals surface area contributed by atoms with E-state index in [1.165, 1.54) is 32.1 Å². The fourth-order valence-electron chi connectivity index (χ4n) is 6.57. The topological polar surface area (TPSA) is 113 Å². The number of carboxylic acids is 1. The number of rotatable bonds is 16. The minimum atomic E-state index is -3.40. The van der Waals surface area contributed by atoms with Crippen LogP contribution in [0, 0.1) is 12.8 Å². The van der Waals surface area contributed by atoms with Crippen molar-refractivity contribution in [1.82, 2.24) is 10.2 Å². The first-order valence-electron chi connectivity index (χ1n) is 16.7. The van der Waals surface area contributed by atoms with Gasteiger partial charge in [-0.15, -0.1) is 0 Å². The number of hydrogen-bond acceptors (Lipinski definition) is 6. The molecule has 1 aliphatic rings. The summed E-state index contributed by atoms with van der Waals surface area (Å²) in [5.74, 6) is -0.645. The van der Waals surface area contributed by atoms with Gasteiger partial charge in [-0.05, 0) is 86.1 Å². The Kier molecular flexibility index (Phi) is 14.7. The normalized spacial score (nSPS) is 15.0. The standard InChI is InChI=1S/C38H50N2O6S.CH4/c1-27(2)40(31(23-29-14-7-5-8-15-29)26-46-32-16-9-6-10-17-32)25-30-19-20-34(35(24-30)33-18-12-11-13-28(33)3)37(41)39-36(38(42)43)21-22-47(4,44)45;/h6,9-13,16-20,24,27,29,31,36H,5,7-8,14-15,21-23,25-26H2,1-4H3,(H,39,41)(H,42,43);1H4/t31-,36+;/m1./s1. The lowest BCUT2D eigenvalue weighted by atomic mass is 9.84. The molecule has 2 N–H and O–H groups in total. The fraction of sp³-hybridized carbons (Fsp3) is 0.487. The smallest absolute Gasteiger partial charge is 0.326 e. The zero-order valence-electron chi connectivity index (χ0n) is 28.2. The van der Waals surface area contributed by atoms with E-state index >= 15 is 0 Å². The van der Waals surface area contributed by atoms with E-state index in [9.17, 15) is 23.1 Å². The van der Waals surface area contributed by atoms with Crippen LogP contribution < -0.4 is 10.1 Å². The van der Waals surface area contributed by atoms with E-state index in [2.05, 4.69) is 24.1 Å². The van der Waals surface area contributed by atoms with Crippen molar-refractivity contribution in [3.05, 3.63) is 89.5 Å². The maximum Gasteiger partial charge on any atom is 0.326 e. The molecule has 1 saturated carbocycles. The van der Waals surface area contributed by atoms with E-state index in [1.807, 2.05) is 73.7 Å². The molecule has 4 rings (SSSR count). The fourth-order valence-corrected chi connectivity index (χ4v) is 7.23. The molecule has 0 aromatic heterocycles. The SMILES string of the molecule is C.Cc1ccccc1-c1cc(CN(C(C)C)[C@@H](COc2ccccc2)CC2CCCCC2)ccc1C(=O)N[C@@H](CCS(C)(=O)=O)C(=O)O. The number of para-hydroxylation sites is 1. The van der Waals surface area contributed by atoms with Crippen LogP contribution in [0.15, 0.2) is 72.8 Å². The Morgan fingerprint density at radius 2 is 1.62 bits per heavy atom. The summed E-state index contributed by atoms with van der Waals surface area (Å²) in [6.07, 6.45) is 8.25. The highest BCUT2D eigenvalue weighted by Crippen LogP contribution is 2.32. The van der Waals surface area contributed by atoms with Crippen molar-refractivity contribution in [2.75, 3.05) is 18.6 Å². The molecule has 0 radical (unpaired) electrons. The Morgan fingerprint density at radius 3 is 2.25 bits per heavy atom. The number of ether oxygens (including phenoxy) is 1. The van der Waals surface area contributed by atoms with Crippen LogP contribution in [0.1, 0.15) is 87.7 Å². The summed E-state index contributed by atoms with van der Waals surface area (Å²) >= 11 is 0. The molecule has 0 bridgehead atoms. The number of aliphatic carboxylic acids is 1. The van der Waals surface area contributed by atoms with Crippen molar-refractivity contribution in [2.45, 2.75) is 97.8 Å². The molecule has 3 aromatic rings. The zero-order valence-corrected chi connectivity index (χ0v) is 29.0. The quantitative estimate of drug-likeness (QED) is 0.161. The molecule has 48 heavy (non-hydrogen) atoms. The van der Waals surface area contributed by atoms with Gasteiger partial charge in [0, 0.05) is 30.4 Å². The van der Waals surface area contributed by atoms with E-state index in [4.69, 9.17) is 4.74 Å². The lowest BCUT2D eigenvalue weighted by molar-refractivity contribution is -0.139. The highest BCUT2D eigenvalue weighted by Gasteiger charge is 2.28. The van der Waals surface area contributed by atoms with Gasteiger partial charge in [0.25, 0.3) is 5.91 Å². The second-order valence-corrected chi connectivity index (χ2v) is 15.5. The monoisotopic (exact) mass is 678 g/mol. The van der Waals surface area contributed by atoms with Gasteiger partial charge in [-0.2, -0.15) is 0 Å². The predicted molar refractivity (Wildman–Crippen MR) is 194 cm³/mol. The summed E-state index contributed by atoms with van der Waals surface area (Å²) in [6, 6.07) is 22.6. The molecule has 1 amide bonds. The third kappa shape index (κ3) is 11.5. The Labute approximate surface area is 287 Å². The van der Waals surface area contributed by atoms with E-state index in [0.717, 1.165) is 35.1 Å². The van der Waals surface area contributed by atoms with Crippen molar-refractivity contribution in [3.8, 4) is 16.9 Å². The Morgan fingerprint density at radius 1 is 0.958 bits per heavy atom. The maximum atomic E-state index is 13.6. The van der Waals surface area contributed by atoms with Gasteiger partial charge >= 0.3 is 5.97 Å². The van der Waals surface area contributed by atoms with E-state index < -0.39 is 27.8 Å². The molecule has 3 aromatic carbocycles. The molecule has 2 atom stereocenters. The van der Waals surface area contributed by atoms with Crippen molar-refractivity contribution in [2.24, 2.45) is 5.92 Å². The molecule has 0 heterocycles. The molecular weight excluding hydrogens is 625 g/mol. The highest BCUT2D eigenvalue weighted by atomic mass is 32.2. The number of nitrogens with zero attached hydrogens (tertiary/aromatic N) is 1. The third-order valence-corrected chi connectivity index (χ3v) is 10.1. The molecule has 0 spiro atoms. The van der Waals surface area contributed by atoms with Gasteiger partial charge in [0.15, 0.2) is 0 Å². The van der Waals surface area contributed by atoms with Crippen molar-refractivity contribution >= 4 is 21.7 Å². The van der Waals surface area contributed by atoms with Crippen molar-refractivity contribution in [3.63, 3.8) is 0 Å². The number of benzene rings is 3. The second kappa shape index (κ2) is 18.2. The lowest BCUT2D eigenvalue weighted by Crippen LogP contribution is -2.44. The average molecular weight is 679 g/mol. The summed E-state index contributed by atoms with van der Waals surface area (Å²) in [5, 5.41) is 12.3. The van der Waals surface area contributed by atoms with Crippen LogP contribution in [0.4, 0.5) is 0 Å². The number of carboxylic acid groups (broad SMARTS) is 1. The summed E-state index contributed by atoms with van der Waals surface area (Å²) in [6.45, 7) is 7.64. The zero-order chi connectivity index (χ0) is 34.0. The number of carbonyl (C=O) groups is 2. The first-order valence-corrected chi connectivity index (χ1v) is 18.8. The van der Waals surface area contributed by atoms with Gasteiger partial charge in [-0.3, -0.25) is 9.69 Å². The van der Waals surface area contributed by atoms with Gasteiger partial charge < -0.3 is 15.2 Å². The minimum Gasteiger partial charge on any atom is -0.492 e. The van der Waals surface area contributed by atoms with Crippen LogP contribution in [-0.2, 0) is 21.2 Å². The maximum absolute atomic E-state index is 13.6. The van der Waals surface area contributed by atoms with Crippen molar-refractivity contribution in [1.29, 1.82) is 0 Å². The first kappa shape index (κ1) is 38.8. The Bertz CT molecular complexity index is 1580. The Hall–Kier alpha value is -3.69. The molecule has 262 valence electrons. The van der Waals surface area contributed by atoms with E-state index in [0.29, 0.717) is 30.2 Å². The molecule has 1 fully saturated rings. The van der Waals surface area contributed by atoms with E-state index in [-0.39, 0.29) is 31.7 Å². The number of aryl methyl sites for hydroxylation is 1. The van der Waals surface area contributed by atoms with Gasteiger partial charge in [-0.25, -0.2) is 13.2 Å². The number of nitrogens with one attached hydrogen (secondary N) is 1. The summed E-state index contributed by atoms with van der Waals surface area (Å²) in [4.78, 5) is 28.1. The lowest BCUT2D eigenvalue weighted by Gasteiger charge is -2.38. The number of hydrogen-bond donors (Lipinski definition) is 2. The van der Waals surface area contributed by atoms with E-state index in [1.54, 1.807) is 6.07 Å². The minimum absolute atomic E-state index is 0. The average Bonchev–Trinajstić information content (AvgIpc) is 3.04. The third-order valence-electron chi connectivity index (χ3n) is 9.16. The molecule has 0 saturated heterocycles. The molecule has 0 aliphatic heterocycles. The van der Waals surface area contributed by atoms with Crippen LogP contribution in [-0.4, -0.2) is 67.0 Å². The Balaban J connectivity index is 0.00000625. The summed E-state index contributed by atoms with van der Waals surface area (Å²) in [5.41, 5.74) is 3.95. The number of amides is 1. The van der Waals surface area contributed by atoms with Crippen LogP contribution in [0.25, 0.3) is 11.1 Å². The van der Waals surface area contributed by atoms with Gasteiger partial charge in [0.2, 0.25) is 0 Å². The summed E-state index contributed by atoms with van der Waals surface area (Å²) < 4.78 is 29.8. The molecule has 9 heteroatoms. The van der Waals surface area contributed by atoms with Gasteiger partial charge in [0.05, 0.1) is 5.75 Å². The first-order chi connectivity index (χ1) is 22.4. The molecular formula is C39H54N2O6S. The van der Waals surface area contributed by atoms with Crippen LogP contribution in [0.2, 0.25) is 0 Å². The predicted octanol–water partition coefficient (Wildman–Crippen LogP) is 7.54. The van der Waals surface area contributed by atoms with Crippen LogP contribution in [0.3, 0.4) is 0 Å². The summed E-state index contributed by atoms with van der Waals surface area (Å²) in [7, 11) is -3.40. The number of sulfone groups is 1. The largest absolute Gasteiger partial charge is 0.492 e. The highest BCUT2D eigenvalue weighted by molar-refractivity contribution is 7.90. The molecule has 1 aliphatic carbocycles. The van der Waals surface area contributed by atoms with Crippen LogP contribution in [0.5, 0.6) is 5.75 Å². The molecule has 8 nitrogen and oxygen atoms in total. The van der Waals surface area contributed by atoms with Gasteiger partial charge in [0.1, 0.15) is 28.2 Å². The number of carbonyl (C=O) groups excluding carboxylic acids is 1. The molecule has 0 unspecified atom stereocenters.